The van der Waals surface area contributed by atoms with Crippen LogP contribution >= 0.6 is 0 Å². The Morgan fingerprint density at radius 1 is 0.300 bits per heavy atom. The molecule has 0 radical (unpaired) electrons. The standard InChI is InChI=1S/C68H48N2/c1-3-16-47(17-4-1)52-22-9-25-55(40-52)57-27-11-24-54(42-57)49-36-38-51(39-37-49)66-46-67(62-32-14-31-61(45-62)65-35-15-21-50-20-7-8-34-64(50)65)70-68(69-66)63-33-13-30-60(44-63)59-29-12-28-58(43-59)56-26-10-23-53(41-56)48-18-5-2-6-19-48/h1-32,34-46,63H,33H2. The third kappa shape index (κ3) is 8.83. The molecule has 330 valence electrons. The molecule has 1 unspecified atom stereocenters. The van der Waals surface area contributed by atoms with Gasteiger partial charge in [0, 0.05) is 17.0 Å². The van der Waals surface area contributed by atoms with Gasteiger partial charge in [-0.05, 0) is 131 Å². The molecule has 1 aromatic heterocycles. The Morgan fingerprint density at radius 3 is 1.30 bits per heavy atom. The summed E-state index contributed by atoms with van der Waals surface area (Å²) in [4.78, 5) is 10.8. The van der Waals surface area contributed by atoms with Crippen LogP contribution in [0.1, 0.15) is 23.7 Å². The van der Waals surface area contributed by atoms with E-state index in [0.29, 0.717) is 0 Å². The summed E-state index contributed by atoms with van der Waals surface area (Å²) in [5, 5.41) is 2.46. The zero-order valence-corrected chi connectivity index (χ0v) is 38.7. The van der Waals surface area contributed by atoms with E-state index in [2.05, 4.69) is 273 Å². The molecule has 1 heterocycles. The lowest BCUT2D eigenvalue weighted by Crippen LogP contribution is -2.07. The lowest BCUT2D eigenvalue weighted by Gasteiger charge is -2.19. The quantitative estimate of drug-likeness (QED) is 0.137. The van der Waals surface area contributed by atoms with Crippen LogP contribution in [-0.4, -0.2) is 9.97 Å². The predicted octanol–water partition coefficient (Wildman–Crippen LogP) is 18.1. The Morgan fingerprint density at radius 2 is 0.700 bits per heavy atom. The minimum absolute atomic E-state index is 0.0209. The number of fused-ring (bicyclic) bond motifs is 1. The molecule has 2 nitrogen and oxygen atoms in total. The summed E-state index contributed by atoms with van der Waals surface area (Å²) in [5.74, 6) is 0.790. The van der Waals surface area contributed by atoms with E-state index in [9.17, 15) is 0 Å². The van der Waals surface area contributed by atoms with Crippen molar-refractivity contribution in [1.29, 1.82) is 0 Å². The molecular formula is C68H48N2. The third-order valence-corrected chi connectivity index (χ3v) is 13.6. The molecule has 1 aliphatic carbocycles. The Bertz CT molecular complexity index is 3730. The van der Waals surface area contributed by atoms with Gasteiger partial charge in [-0.15, -0.1) is 0 Å². The van der Waals surface area contributed by atoms with Gasteiger partial charge in [0.05, 0.1) is 11.4 Å². The van der Waals surface area contributed by atoms with E-state index in [4.69, 9.17) is 9.97 Å². The van der Waals surface area contributed by atoms with Crippen LogP contribution in [0.15, 0.2) is 273 Å². The second kappa shape index (κ2) is 19.0. The van der Waals surface area contributed by atoms with Crippen LogP contribution in [-0.2, 0) is 0 Å². The van der Waals surface area contributed by atoms with Gasteiger partial charge in [0.1, 0.15) is 5.82 Å². The van der Waals surface area contributed by atoms with Gasteiger partial charge >= 0.3 is 0 Å². The minimum atomic E-state index is -0.0209. The molecule has 10 aromatic carbocycles. The number of hydrogen-bond donors (Lipinski definition) is 0. The molecule has 11 aromatic rings. The number of aromatic nitrogens is 2. The lowest BCUT2D eigenvalue weighted by atomic mass is 9.90. The highest BCUT2D eigenvalue weighted by atomic mass is 14.9. The van der Waals surface area contributed by atoms with Gasteiger partial charge < -0.3 is 0 Å². The molecule has 0 aliphatic heterocycles. The van der Waals surface area contributed by atoms with Crippen molar-refractivity contribution in [2.24, 2.45) is 0 Å². The minimum Gasteiger partial charge on any atom is -0.232 e. The first-order chi connectivity index (χ1) is 34.6. The number of rotatable bonds is 10. The normalized spacial score (nSPS) is 13.3. The Kier molecular flexibility index (Phi) is 11.5. The number of hydrogen-bond acceptors (Lipinski definition) is 2. The fraction of sp³-hybridized carbons (Fsp3) is 0.0294. The summed E-state index contributed by atoms with van der Waals surface area (Å²) < 4.78 is 0. The third-order valence-electron chi connectivity index (χ3n) is 13.6. The van der Waals surface area contributed by atoms with Crippen LogP contribution in [0.25, 0.3) is 106 Å². The Hall–Kier alpha value is -8.98. The summed E-state index contributed by atoms with van der Waals surface area (Å²) >= 11 is 0. The molecule has 2 heteroatoms. The highest BCUT2D eigenvalue weighted by Crippen LogP contribution is 2.38. The molecule has 0 saturated heterocycles. The van der Waals surface area contributed by atoms with Gasteiger partial charge in [-0.3, -0.25) is 0 Å². The van der Waals surface area contributed by atoms with E-state index < -0.39 is 0 Å². The first kappa shape index (κ1) is 42.4. The summed E-state index contributed by atoms with van der Waals surface area (Å²) in [7, 11) is 0. The van der Waals surface area contributed by atoms with Crippen molar-refractivity contribution in [3.05, 3.63) is 284 Å². The number of allylic oxidation sites excluding steroid dienone is 4. The summed E-state index contributed by atoms with van der Waals surface area (Å²) in [6.45, 7) is 0. The molecule has 1 aliphatic rings. The molecule has 12 rings (SSSR count). The van der Waals surface area contributed by atoms with E-state index >= 15 is 0 Å². The SMILES string of the molecule is C1=CC(c2cccc(-c3cccc(-c4ccccc4)c3)c2)=CC(c2nc(-c3ccc(-c4cccc(-c5cccc(-c6ccccc6)c5)c4)cc3)cc(-c3cccc(-c4cccc5ccccc45)c3)n2)C1. The molecule has 0 spiro atoms. The molecular weight excluding hydrogens is 845 g/mol. The smallest absolute Gasteiger partial charge is 0.136 e. The van der Waals surface area contributed by atoms with E-state index in [1.54, 1.807) is 0 Å². The van der Waals surface area contributed by atoms with Crippen molar-refractivity contribution in [3.63, 3.8) is 0 Å². The van der Waals surface area contributed by atoms with Crippen molar-refractivity contribution < 1.29 is 0 Å². The van der Waals surface area contributed by atoms with Crippen LogP contribution in [0.4, 0.5) is 0 Å². The molecule has 0 saturated carbocycles. The van der Waals surface area contributed by atoms with Gasteiger partial charge in [-0.25, -0.2) is 9.97 Å². The second-order valence-corrected chi connectivity index (χ2v) is 18.1. The van der Waals surface area contributed by atoms with E-state index in [-0.39, 0.29) is 5.92 Å². The fourth-order valence-corrected chi connectivity index (χ4v) is 9.91. The first-order valence-electron chi connectivity index (χ1n) is 24.1. The molecule has 0 fully saturated rings. The van der Waals surface area contributed by atoms with Crippen molar-refractivity contribution >= 4 is 16.3 Å². The zero-order valence-electron chi connectivity index (χ0n) is 38.7. The van der Waals surface area contributed by atoms with Gasteiger partial charge in [0.15, 0.2) is 0 Å². The molecule has 0 bridgehead atoms. The second-order valence-electron chi connectivity index (χ2n) is 18.1. The van der Waals surface area contributed by atoms with Crippen LogP contribution in [0.3, 0.4) is 0 Å². The van der Waals surface area contributed by atoms with Crippen molar-refractivity contribution in [2.75, 3.05) is 0 Å². The zero-order chi connectivity index (χ0) is 46.6. The highest BCUT2D eigenvalue weighted by molar-refractivity contribution is 5.97. The van der Waals surface area contributed by atoms with Crippen molar-refractivity contribution in [1.82, 2.24) is 9.97 Å². The molecule has 1 atom stereocenters. The van der Waals surface area contributed by atoms with Crippen LogP contribution in [0, 0.1) is 0 Å². The van der Waals surface area contributed by atoms with Gasteiger partial charge in [-0.2, -0.15) is 0 Å². The summed E-state index contributed by atoms with van der Waals surface area (Å²) in [6, 6.07) is 91.5. The first-order valence-corrected chi connectivity index (χ1v) is 24.1. The van der Waals surface area contributed by atoms with E-state index in [1.165, 1.54) is 77.5 Å². The number of benzene rings is 10. The van der Waals surface area contributed by atoms with E-state index in [1.807, 2.05) is 0 Å². The van der Waals surface area contributed by atoms with Crippen LogP contribution in [0.5, 0.6) is 0 Å². The fourth-order valence-electron chi connectivity index (χ4n) is 9.91. The maximum Gasteiger partial charge on any atom is 0.136 e. The van der Waals surface area contributed by atoms with Crippen molar-refractivity contribution in [3.8, 4) is 89.3 Å². The average molecular weight is 893 g/mol. The molecule has 70 heavy (non-hydrogen) atoms. The maximum absolute atomic E-state index is 5.42. The lowest BCUT2D eigenvalue weighted by molar-refractivity contribution is 0.777. The van der Waals surface area contributed by atoms with Gasteiger partial charge in [0.2, 0.25) is 0 Å². The average Bonchev–Trinajstić information content (AvgIpc) is 3.45. The maximum atomic E-state index is 5.42. The largest absolute Gasteiger partial charge is 0.232 e. The number of nitrogens with zero attached hydrogens (tertiary/aromatic N) is 2. The predicted molar refractivity (Wildman–Crippen MR) is 294 cm³/mol. The van der Waals surface area contributed by atoms with Gasteiger partial charge in [-0.1, -0.05) is 237 Å². The van der Waals surface area contributed by atoms with Crippen LogP contribution in [0.2, 0.25) is 0 Å². The highest BCUT2D eigenvalue weighted by Gasteiger charge is 2.20. The summed E-state index contributed by atoms with van der Waals surface area (Å²) in [6.07, 6.45) is 7.70. The Balaban J connectivity index is 0.901. The van der Waals surface area contributed by atoms with Crippen molar-refractivity contribution in [2.45, 2.75) is 12.3 Å². The Labute approximate surface area is 410 Å². The molecule has 0 amide bonds. The van der Waals surface area contributed by atoms with E-state index in [0.717, 1.165) is 45.9 Å². The van der Waals surface area contributed by atoms with Crippen LogP contribution < -0.4 is 0 Å². The summed E-state index contributed by atoms with van der Waals surface area (Å²) in [5.41, 5.74) is 20.6. The van der Waals surface area contributed by atoms with Gasteiger partial charge in [0.25, 0.3) is 0 Å². The topological polar surface area (TPSA) is 25.8 Å². The molecule has 0 N–H and O–H groups in total. The monoisotopic (exact) mass is 892 g/mol.